The van der Waals surface area contributed by atoms with E-state index in [0.29, 0.717) is 0 Å². The fraction of sp³-hybridized carbons (Fsp3) is 0.235. The molecule has 2 aromatic carbocycles. The Kier molecular flexibility index (Phi) is 4.05. The molecular weight excluding hydrogens is 363 g/mol. The highest BCUT2D eigenvalue weighted by molar-refractivity contribution is 14.1. The highest BCUT2D eigenvalue weighted by Crippen LogP contribution is 2.23. The molecule has 3 rings (SSSR count). The molecule has 0 aromatic heterocycles. The van der Waals surface area contributed by atoms with Gasteiger partial charge < -0.3 is 4.74 Å². The lowest BCUT2D eigenvalue weighted by atomic mass is 10.0. The van der Waals surface area contributed by atoms with Crippen molar-refractivity contribution in [3.05, 3.63) is 62.7 Å². The fourth-order valence-electron chi connectivity index (χ4n) is 2.53. The summed E-state index contributed by atoms with van der Waals surface area (Å²) in [5.74, 6) is 0.782. The average molecular weight is 378 g/mol. The number of hydrogen-bond acceptors (Lipinski definition) is 2. The smallest absolute Gasteiger partial charge is 0.200 e. The van der Waals surface area contributed by atoms with Crippen LogP contribution < -0.4 is 4.74 Å². The molecular formula is C17H15IO2. The number of aryl methyl sites for hydroxylation is 2. The standard InChI is InChI=1S/C17H15IO2/c18-15-5-2-6-16(10-15)20-11-17(19)14-8-7-12-3-1-4-13(12)9-14/h2,5-10H,1,3-4,11H2. The summed E-state index contributed by atoms with van der Waals surface area (Å²) in [5.41, 5.74) is 3.47. The second-order valence-electron chi connectivity index (χ2n) is 5.01. The third-order valence-electron chi connectivity index (χ3n) is 3.59. The van der Waals surface area contributed by atoms with Crippen LogP contribution in [-0.2, 0) is 12.8 Å². The molecule has 102 valence electrons. The van der Waals surface area contributed by atoms with Crippen LogP contribution in [0.3, 0.4) is 0 Å². The monoisotopic (exact) mass is 378 g/mol. The SMILES string of the molecule is O=C(COc1cccc(I)c1)c1ccc2c(c1)CCC2. The highest BCUT2D eigenvalue weighted by atomic mass is 127. The minimum Gasteiger partial charge on any atom is -0.485 e. The first kappa shape index (κ1) is 13.6. The number of Topliss-reactive ketones (excluding diaryl/α,β-unsaturated/α-hetero) is 1. The normalized spacial score (nSPS) is 13.1. The van der Waals surface area contributed by atoms with Gasteiger partial charge in [0, 0.05) is 9.13 Å². The Morgan fingerprint density at radius 3 is 2.80 bits per heavy atom. The van der Waals surface area contributed by atoms with Gasteiger partial charge in [0.05, 0.1) is 0 Å². The van der Waals surface area contributed by atoms with Gasteiger partial charge in [-0.2, -0.15) is 0 Å². The molecule has 0 spiro atoms. The molecule has 0 heterocycles. The minimum atomic E-state index is 0.0403. The quantitative estimate of drug-likeness (QED) is 0.593. The fourth-order valence-corrected chi connectivity index (χ4v) is 3.05. The molecule has 0 saturated heterocycles. The van der Waals surface area contributed by atoms with E-state index in [2.05, 4.69) is 28.7 Å². The van der Waals surface area contributed by atoms with Crippen molar-refractivity contribution in [2.45, 2.75) is 19.3 Å². The summed E-state index contributed by atoms with van der Waals surface area (Å²) < 4.78 is 6.67. The molecule has 0 bridgehead atoms. The van der Waals surface area contributed by atoms with E-state index in [1.807, 2.05) is 36.4 Å². The summed E-state index contributed by atoms with van der Waals surface area (Å²) in [5, 5.41) is 0. The molecule has 3 heteroatoms. The van der Waals surface area contributed by atoms with Gasteiger partial charge >= 0.3 is 0 Å². The molecule has 1 aliphatic rings. The van der Waals surface area contributed by atoms with E-state index in [0.717, 1.165) is 27.7 Å². The van der Waals surface area contributed by atoms with Crippen molar-refractivity contribution in [1.29, 1.82) is 0 Å². The van der Waals surface area contributed by atoms with Gasteiger partial charge in [-0.15, -0.1) is 0 Å². The molecule has 1 aliphatic carbocycles. The summed E-state index contributed by atoms with van der Waals surface area (Å²) in [6.07, 6.45) is 3.43. The molecule has 0 N–H and O–H groups in total. The number of ketones is 1. The zero-order chi connectivity index (χ0) is 13.9. The maximum absolute atomic E-state index is 12.2. The van der Waals surface area contributed by atoms with Crippen LogP contribution in [0.5, 0.6) is 5.75 Å². The minimum absolute atomic E-state index is 0.0403. The molecule has 0 radical (unpaired) electrons. The van der Waals surface area contributed by atoms with Crippen molar-refractivity contribution in [2.75, 3.05) is 6.61 Å². The van der Waals surface area contributed by atoms with E-state index in [4.69, 9.17) is 4.74 Å². The third-order valence-corrected chi connectivity index (χ3v) is 4.26. The Morgan fingerprint density at radius 1 is 1.10 bits per heavy atom. The van der Waals surface area contributed by atoms with Crippen molar-refractivity contribution in [1.82, 2.24) is 0 Å². The largest absolute Gasteiger partial charge is 0.485 e. The van der Waals surface area contributed by atoms with E-state index < -0.39 is 0 Å². The third kappa shape index (κ3) is 3.03. The van der Waals surface area contributed by atoms with Gasteiger partial charge in [0.15, 0.2) is 12.4 Å². The van der Waals surface area contributed by atoms with Crippen LogP contribution in [-0.4, -0.2) is 12.4 Å². The van der Waals surface area contributed by atoms with Crippen molar-refractivity contribution < 1.29 is 9.53 Å². The predicted octanol–water partition coefficient (Wildman–Crippen LogP) is 4.04. The molecule has 0 fully saturated rings. The van der Waals surface area contributed by atoms with Gasteiger partial charge in [-0.25, -0.2) is 0 Å². The topological polar surface area (TPSA) is 26.3 Å². The van der Waals surface area contributed by atoms with Crippen LogP contribution in [0.2, 0.25) is 0 Å². The summed E-state index contributed by atoms with van der Waals surface area (Å²) in [6, 6.07) is 13.8. The van der Waals surface area contributed by atoms with Gasteiger partial charge in [0.1, 0.15) is 5.75 Å². The predicted molar refractivity (Wildman–Crippen MR) is 87.5 cm³/mol. The zero-order valence-electron chi connectivity index (χ0n) is 11.1. The molecule has 2 nitrogen and oxygen atoms in total. The molecule has 2 aromatic rings. The van der Waals surface area contributed by atoms with Crippen molar-refractivity contribution in [3.8, 4) is 5.75 Å². The second kappa shape index (κ2) is 5.95. The summed E-state index contributed by atoms with van der Waals surface area (Å²) in [7, 11) is 0. The van der Waals surface area contributed by atoms with E-state index in [1.165, 1.54) is 17.5 Å². The van der Waals surface area contributed by atoms with Crippen molar-refractivity contribution in [3.63, 3.8) is 0 Å². The number of carbonyl (C=O) groups is 1. The first-order chi connectivity index (χ1) is 9.72. The number of benzene rings is 2. The molecule has 0 unspecified atom stereocenters. The van der Waals surface area contributed by atoms with Crippen molar-refractivity contribution >= 4 is 28.4 Å². The Morgan fingerprint density at radius 2 is 1.95 bits per heavy atom. The number of halogens is 1. The van der Waals surface area contributed by atoms with Crippen LogP contribution in [0, 0.1) is 3.57 Å². The van der Waals surface area contributed by atoms with Crippen molar-refractivity contribution in [2.24, 2.45) is 0 Å². The number of ether oxygens (including phenoxy) is 1. The number of fused-ring (bicyclic) bond motifs is 1. The summed E-state index contributed by atoms with van der Waals surface area (Å²) >= 11 is 2.23. The van der Waals surface area contributed by atoms with Crippen LogP contribution in [0.4, 0.5) is 0 Å². The molecule has 0 aliphatic heterocycles. The maximum atomic E-state index is 12.2. The Bertz CT molecular complexity index is 649. The number of carbonyl (C=O) groups excluding carboxylic acids is 1. The molecule has 0 atom stereocenters. The Labute approximate surface area is 132 Å². The van der Waals surface area contributed by atoms with Gasteiger partial charge in [-0.05, 0) is 77.2 Å². The van der Waals surface area contributed by atoms with E-state index in [-0.39, 0.29) is 12.4 Å². The van der Waals surface area contributed by atoms with Crippen LogP contribution >= 0.6 is 22.6 Å². The lowest BCUT2D eigenvalue weighted by molar-refractivity contribution is 0.0921. The number of rotatable bonds is 4. The Balaban J connectivity index is 1.67. The van der Waals surface area contributed by atoms with Crippen LogP contribution in [0.25, 0.3) is 0 Å². The van der Waals surface area contributed by atoms with Gasteiger partial charge in [0.2, 0.25) is 0 Å². The average Bonchev–Trinajstić information content (AvgIpc) is 2.92. The summed E-state index contributed by atoms with van der Waals surface area (Å²) in [4.78, 5) is 12.2. The molecule has 20 heavy (non-hydrogen) atoms. The van der Waals surface area contributed by atoms with Gasteiger partial charge in [-0.3, -0.25) is 4.79 Å². The van der Waals surface area contributed by atoms with Crippen LogP contribution in [0.1, 0.15) is 27.9 Å². The second-order valence-corrected chi connectivity index (χ2v) is 6.25. The van der Waals surface area contributed by atoms with Gasteiger partial charge in [0.25, 0.3) is 0 Å². The maximum Gasteiger partial charge on any atom is 0.200 e. The highest BCUT2D eigenvalue weighted by Gasteiger charge is 2.14. The lowest BCUT2D eigenvalue weighted by Crippen LogP contribution is -2.12. The van der Waals surface area contributed by atoms with Crippen LogP contribution in [0.15, 0.2) is 42.5 Å². The molecule has 0 saturated carbocycles. The molecule has 0 amide bonds. The van der Waals surface area contributed by atoms with E-state index >= 15 is 0 Å². The van der Waals surface area contributed by atoms with Gasteiger partial charge in [-0.1, -0.05) is 18.2 Å². The number of hydrogen-bond donors (Lipinski definition) is 0. The van der Waals surface area contributed by atoms with E-state index in [1.54, 1.807) is 0 Å². The van der Waals surface area contributed by atoms with E-state index in [9.17, 15) is 4.79 Å². The summed E-state index contributed by atoms with van der Waals surface area (Å²) in [6.45, 7) is 0.0961. The lowest BCUT2D eigenvalue weighted by Gasteiger charge is -2.07. The zero-order valence-corrected chi connectivity index (χ0v) is 13.2. The first-order valence-corrected chi connectivity index (χ1v) is 7.83. The Hall–Kier alpha value is -1.36. The first-order valence-electron chi connectivity index (χ1n) is 6.76.